The standard InChI is InChI=1S/C12H16N2O/c1-12(2,3)9-13-14-11(15)10-7-5-4-6-8-10/h4-9H,1-3H3,(H,14,15)/b13-9-. The molecule has 0 saturated heterocycles. The number of hydrogen-bond donors (Lipinski definition) is 1. The summed E-state index contributed by atoms with van der Waals surface area (Å²) >= 11 is 0. The van der Waals surface area contributed by atoms with Gasteiger partial charge >= 0.3 is 0 Å². The van der Waals surface area contributed by atoms with Crippen LogP contribution in [-0.2, 0) is 0 Å². The molecule has 0 saturated carbocycles. The van der Waals surface area contributed by atoms with Gasteiger partial charge in [-0.1, -0.05) is 39.0 Å². The number of nitrogens with one attached hydrogen (secondary N) is 1. The highest BCUT2D eigenvalue weighted by atomic mass is 16.2. The molecule has 0 aliphatic heterocycles. The van der Waals surface area contributed by atoms with Gasteiger partial charge in [0.05, 0.1) is 0 Å². The second-order valence-electron chi connectivity index (χ2n) is 4.43. The lowest BCUT2D eigenvalue weighted by atomic mass is 9.99. The lowest BCUT2D eigenvalue weighted by molar-refractivity contribution is 0.0955. The largest absolute Gasteiger partial charge is 0.271 e. The Hall–Kier alpha value is -1.64. The fraction of sp³-hybridized carbons (Fsp3) is 0.333. The minimum Gasteiger partial charge on any atom is -0.267 e. The summed E-state index contributed by atoms with van der Waals surface area (Å²) in [5.74, 6) is -0.184. The molecule has 15 heavy (non-hydrogen) atoms. The summed E-state index contributed by atoms with van der Waals surface area (Å²) in [6.07, 6.45) is 1.72. The first-order valence-electron chi connectivity index (χ1n) is 4.89. The van der Waals surface area contributed by atoms with Crippen molar-refractivity contribution in [2.24, 2.45) is 10.5 Å². The van der Waals surface area contributed by atoms with E-state index in [0.29, 0.717) is 5.56 Å². The average molecular weight is 204 g/mol. The van der Waals surface area contributed by atoms with Crippen LogP contribution in [0.5, 0.6) is 0 Å². The summed E-state index contributed by atoms with van der Waals surface area (Å²) in [6, 6.07) is 9.02. The van der Waals surface area contributed by atoms with Crippen molar-refractivity contribution >= 4 is 12.1 Å². The molecule has 0 bridgehead atoms. The monoisotopic (exact) mass is 204 g/mol. The van der Waals surface area contributed by atoms with Gasteiger partial charge in [-0.15, -0.1) is 0 Å². The highest BCUT2D eigenvalue weighted by Gasteiger charge is 2.06. The van der Waals surface area contributed by atoms with E-state index in [4.69, 9.17) is 0 Å². The normalized spacial score (nSPS) is 11.7. The molecule has 0 fully saturated rings. The Morgan fingerprint density at radius 3 is 2.40 bits per heavy atom. The van der Waals surface area contributed by atoms with Crippen molar-refractivity contribution in [1.82, 2.24) is 5.43 Å². The van der Waals surface area contributed by atoms with Gasteiger partial charge in [0, 0.05) is 11.8 Å². The number of rotatable bonds is 2. The van der Waals surface area contributed by atoms with E-state index in [-0.39, 0.29) is 11.3 Å². The third-order valence-electron chi connectivity index (χ3n) is 1.65. The lowest BCUT2D eigenvalue weighted by Crippen LogP contribution is -2.19. The quantitative estimate of drug-likeness (QED) is 0.583. The van der Waals surface area contributed by atoms with Crippen LogP contribution in [0.3, 0.4) is 0 Å². The molecule has 80 valence electrons. The summed E-state index contributed by atoms with van der Waals surface area (Å²) < 4.78 is 0. The van der Waals surface area contributed by atoms with Gasteiger partial charge < -0.3 is 0 Å². The van der Waals surface area contributed by atoms with Crippen LogP contribution in [0.2, 0.25) is 0 Å². The molecule has 0 radical (unpaired) electrons. The van der Waals surface area contributed by atoms with Crippen LogP contribution < -0.4 is 5.43 Å². The molecule has 1 amide bonds. The molecule has 0 unspecified atom stereocenters. The maximum atomic E-state index is 11.5. The van der Waals surface area contributed by atoms with E-state index in [1.165, 1.54) is 0 Å². The molecular formula is C12H16N2O. The van der Waals surface area contributed by atoms with Crippen molar-refractivity contribution in [3.05, 3.63) is 35.9 Å². The predicted octanol–water partition coefficient (Wildman–Crippen LogP) is 2.45. The number of hydrogen-bond acceptors (Lipinski definition) is 2. The van der Waals surface area contributed by atoms with Crippen LogP contribution in [-0.4, -0.2) is 12.1 Å². The number of benzene rings is 1. The van der Waals surface area contributed by atoms with Gasteiger partial charge in [-0.25, -0.2) is 5.43 Å². The molecule has 1 N–H and O–H groups in total. The Morgan fingerprint density at radius 2 is 1.87 bits per heavy atom. The zero-order chi connectivity index (χ0) is 11.3. The molecule has 0 aliphatic rings. The van der Waals surface area contributed by atoms with Crippen LogP contribution in [0.4, 0.5) is 0 Å². The molecule has 1 aromatic carbocycles. The fourth-order valence-corrected chi connectivity index (χ4v) is 0.939. The van der Waals surface area contributed by atoms with Gasteiger partial charge in [0.25, 0.3) is 5.91 Å². The maximum Gasteiger partial charge on any atom is 0.271 e. The van der Waals surface area contributed by atoms with Gasteiger partial charge in [-0.2, -0.15) is 5.10 Å². The Labute approximate surface area is 90.2 Å². The smallest absolute Gasteiger partial charge is 0.267 e. The van der Waals surface area contributed by atoms with Crippen LogP contribution in [0.1, 0.15) is 31.1 Å². The van der Waals surface area contributed by atoms with E-state index >= 15 is 0 Å². The van der Waals surface area contributed by atoms with E-state index in [1.807, 2.05) is 39.0 Å². The average Bonchev–Trinajstić information content (AvgIpc) is 2.17. The van der Waals surface area contributed by atoms with E-state index in [1.54, 1.807) is 18.3 Å². The van der Waals surface area contributed by atoms with Crippen LogP contribution >= 0.6 is 0 Å². The number of nitrogens with zero attached hydrogens (tertiary/aromatic N) is 1. The van der Waals surface area contributed by atoms with Crippen molar-refractivity contribution in [2.45, 2.75) is 20.8 Å². The van der Waals surface area contributed by atoms with E-state index in [9.17, 15) is 4.79 Å². The Balaban J connectivity index is 2.55. The second kappa shape index (κ2) is 4.73. The highest BCUT2D eigenvalue weighted by Crippen LogP contribution is 2.07. The first kappa shape index (κ1) is 11.4. The number of carbonyl (C=O) groups is 1. The van der Waals surface area contributed by atoms with Crippen molar-refractivity contribution in [3.8, 4) is 0 Å². The summed E-state index contributed by atoms with van der Waals surface area (Å²) in [5.41, 5.74) is 3.08. The third kappa shape index (κ3) is 4.40. The molecule has 1 aromatic rings. The van der Waals surface area contributed by atoms with Gasteiger partial charge in [0.15, 0.2) is 0 Å². The summed E-state index contributed by atoms with van der Waals surface area (Å²) in [4.78, 5) is 11.5. The molecule has 0 spiro atoms. The van der Waals surface area contributed by atoms with Crippen molar-refractivity contribution in [1.29, 1.82) is 0 Å². The van der Waals surface area contributed by atoms with E-state index in [2.05, 4.69) is 10.5 Å². The molecule has 3 nitrogen and oxygen atoms in total. The zero-order valence-corrected chi connectivity index (χ0v) is 9.32. The Kier molecular flexibility index (Phi) is 3.61. The predicted molar refractivity (Wildman–Crippen MR) is 61.9 cm³/mol. The van der Waals surface area contributed by atoms with E-state index in [0.717, 1.165) is 0 Å². The second-order valence-corrected chi connectivity index (χ2v) is 4.43. The number of hydrazone groups is 1. The third-order valence-corrected chi connectivity index (χ3v) is 1.65. The fourth-order valence-electron chi connectivity index (χ4n) is 0.939. The Morgan fingerprint density at radius 1 is 1.27 bits per heavy atom. The molecule has 3 heteroatoms. The van der Waals surface area contributed by atoms with Gasteiger partial charge in [0.1, 0.15) is 0 Å². The molecule has 1 rings (SSSR count). The number of carbonyl (C=O) groups excluding carboxylic acids is 1. The van der Waals surface area contributed by atoms with Crippen molar-refractivity contribution in [3.63, 3.8) is 0 Å². The lowest BCUT2D eigenvalue weighted by Gasteiger charge is -2.09. The van der Waals surface area contributed by atoms with E-state index < -0.39 is 0 Å². The molecule has 0 aromatic heterocycles. The minimum atomic E-state index is -0.184. The first-order chi connectivity index (χ1) is 6.99. The van der Waals surface area contributed by atoms with Crippen LogP contribution in [0.25, 0.3) is 0 Å². The molecular weight excluding hydrogens is 188 g/mol. The van der Waals surface area contributed by atoms with Gasteiger partial charge in [0.2, 0.25) is 0 Å². The maximum absolute atomic E-state index is 11.5. The number of amides is 1. The molecule has 0 heterocycles. The first-order valence-corrected chi connectivity index (χ1v) is 4.89. The molecule has 0 atom stereocenters. The van der Waals surface area contributed by atoms with Gasteiger partial charge in [-0.3, -0.25) is 4.79 Å². The van der Waals surface area contributed by atoms with Gasteiger partial charge in [-0.05, 0) is 17.5 Å². The summed E-state index contributed by atoms with van der Waals surface area (Å²) in [5, 5.41) is 3.89. The van der Waals surface area contributed by atoms with Crippen LogP contribution in [0, 0.1) is 5.41 Å². The Bertz CT molecular complexity index is 350. The van der Waals surface area contributed by atoms with Crippen LogP contribution in [0.15, 0.2) is 35.4 Å². The summed E-state index contributed by atoms with van der Waals surface area (Å²) in [6.45, 7) is 6.06. The van der Waals surface area contributed by atoms with Crippen molar-refractivity contribution in [2.75, 3.05) is 0 Å². The highest BCUT2D eigenvalue weighted by molar-refractivity contribution is 5.94. The SMILES string of the molecule is CC(C)(C)/C=N\NC(=O)c1ccccc1. The zero-order valence-electron chi connectivity index (χ0n) is 9.32. The minimum absolute atomic E-state index is 0.0238. The summed E-state index contributed by atoms with van der Waals surface area (Å²) in [7, 11) is 0. The topological polar surface area (TPSA) is 41.5 Å². The van der Waals surface area contributed by atoms with Crippen molar-refractivity contribution < 1.29 is 4.79 Å². The molecule has 0 aliphatic carbocycles.